The number of oxime groups is 1. The molecule has 0 saturated heterocycles. The van der Waals surface area contributed by atoms with Crippen LogP contribution in [0.15, 0.2) is 5.16 Å². The lowest BCUT2D eigenvalue weighted by molar-refractivity contribution is -0.128. The molecular weight excluding hydrogens is 242 g/mol. The molecule has 5 nitrogen and oxygen atoms in total. The molecule has 0 radical (unpaired) electrons. The van der Waals surface area contributed by atoms with Gasteiger partial charge in [0.25, 0.3) is 0 Å². The van der Waals surface area contributed by atoms with Crippen molar-refractivity contribution in [2.75, 3.05) is 6.54 Å². The summed E-state index contributed by atoms with van der Waals surface area (Å²) in [6, 6.07) is 0. The SMILES string of the molecule is CCCC1(CNC(=O)C(CC)(CC)C(N)=NO)CC1. The van der Waals surface area contributed by atoms with Crippen LogP contribution in [-0.4, -0.2) is 23.5 Å². The van der Waals surface area contributed by atoms with Crippen molar-refractivity contribution in [1.82, 2.24) is 5.32 Å². The van der Waals surface area contributed by atoms with E-state index in [1.807, 2.05) is 13.8 Å². The van der Waals surface area contributed by atoms with E-state index in [0.717, 1.165) is 12.8 Å². The van der Waals surface area contributed by atoms with Gasteiger partial charge in [0.05, 0.1) is 0 Å². The Labute approximate surface area is 115 Å². The summed E-state index contributed by atoms with van der Waals surface area (Å²) in [4.78, 5) is 12.4. The number of carbonyl (C=O) groups is 1. The smallest absolute Gasteiger partial charge is 0.233 e. The maximum atomic E-state index is 12.4. The highest BCUT2D eigenvalue weighted by Crippen LogP contribution is 2.49. The Hall–Kier alpha value is -1.26. The summed E-state index contributed by atoms with van der Waals surface area (Å²) in [5.74, 6) is -0.106. The second-order valence-electron chi connectivity index (χ2n) is 5.71. The van der Waals surface area contributed by atoms with Gasteiger partial charge in [-0.2, -0.15) is 0 Å². The molecule has 19 heavy (non-hydrogen) atoms. The summed E-state index contributed by atoms with van der Waals surface area (Å²) in [5.41, 5.74) is 5.16. The molecule has 1 aliphatic carbocycles. The average molecular weight is 269 g/mol. The van der Waals surface area contributed by atoms with Crippen molar-refractivity contribution >= 4 is 11.7 Å². The standard InChI is InChI=1S/C14H27N3O2/c1-4-7-13(8-9-13)10-16-12(18)14(5-2,6-3)11(15)17-19/h19H,4-10H2,1-3H3,(H2,15,17)(H,16,18). The number of nitrogens with zero attached hydrogens (tertiary/aromatic N) is 1. The van der Waals surface area contributed by atoms with E-state index in [0.29, 0.717) is 24.8 Å². The summed E-state index contributed by atoms with van der Waals surface area (Å²) in [7, 11) is 0. The van der Waals surface area contributed by atoms with Gasteiger partial charge in [0, 0.05) is 6.54 Å². The Morgan fingerprint density at radius 3 is 2.32 bits per heavy atom. The summed E-state index contributed by atoms with van der Waals surface area (Å²) < 4.78 is 0. The quantitative estimate of drug-likeness (QED) is 0.273. The minimum Gasteiger partial charge on any atom is -0.409 e. The Kier molecular flexibility index (Phi) is 5.20. The van der Waals surface area contributed by atoms with E-state index >= 15 is 0 Å². The van der Waals surface area contributed by atoms with Crippen LogP contribution in [0.3, 0.4) is 0 Å². The molecule has 1 amide bonds. The molecule has 0 aliphatic heterocycles. The van der Waals surface area contributed by atoms with Gasteiger partial charge in [0.15, 0.2) is 5.84 Å². The largest absolute Gasteiger partial charge is 0.409 e. The number of rotatable bonds is 8. The zero-order valence-corrected chi connectivity index (χ0v) is 12.3. The van der Waals surface area contributed by atoms with Crippen LogP contribution in [0.1, 0.15) is 59.3 Å². The fourth-order valence-electron chi connectivity index (χ4n) is 2.80. The normalized spacial score (nSPS) is 18.2. The number of nitrogens with two attached hydrogens (primary N) is 1. The van der Waals surface area contributed by atoms with Crippen molar-refractivity contribution in [2.24, 2.45) is 21.7 Å². The van der Waals surface area contributed by atoms with Gasteiger partial charge < -0.3 is 16.3 Å². The average Bonchev–Trinajstić information content (AvgIpc) is 3.18. The van der Waals surface area contributed by atoms with Crippen molar-refractivity contribution in [2.45, 2.75) is 59.3 Å². The Morgan fingerprint density at radius 1 is 1.37 bits per heavy atom. The molecule has 1 saturated carbocycles. The molecule has 0 bridgehead atoms. The minimum atomic E-state index is -0.878. The third-order valence-electron chi connectivity index (χ3n) is 4.60. The first-order valence-corrected chi connectivity index (χ1v) is 7.26. The molecule has 0 heterocycles. The second-order valence-corrected chi connectivity index (χ2v) is 5.71. The summed E-state index contributed by atoms with van der Waals surface area (Å²) in [6.45, 7) is 6.65. The van der Waals surface area contributed by atoms with Crippen molar-refractivity contribution in [1.29, 1.82) is 0 Å². The highest BCUT2D eigenvalue weighted by atomic mass is 16.4. The molecule has 5 heteroatoms. The van der Waals surface area contributed by atoms with Crippen LogP contribution < -0.4 is 11.1 Å². The van der Waals surface area contributed by atoms with Crippen LogP contribution in [0.4, 0.5) is 0 Å². The van der Waals surface area contributed by atoms with Gasteiger partial charge in [-0.25, -0.2) is 0 Å². The molecule has 1 rings (SSSR count). The van der Waals surface area contributed by atoms with Gasteiger partial charge in [-0.1, -0.05) is 32.3 Å². The van der Waals surface area contributed by atoms with E-state index in [4.69, 9.17) is 10.9 Å². The highest BCUT2D eigenvalue weighted by molar-refractivity contribution is 6.06. The number of carbonyl (C=O) groups excluding carboxylic acids is 1. The van der Waals surface area contributed by atoms with Gasteiger partial charge >= 0.3 is 0 Å². The van der Waals surface area contributed by atoms with Crippen molar-refractivity contribution in [3.8, 4) is 0 Å². The zero-order valence-electron chi connectivity index (χ0n) is 12.3. The highest BCUT2D eigenvalue weighted by Gasteiger charge is 2.44. The number of amides is 1. The summed E-state index contributed by atoms with van der Waals surface area (Å²) in [5, 5.41) is 15.0. The van der Waals surface area contributed by atoms with Crippen LogP contribution in [0.5, 0.6) is 0 Å². The third-order valence-corrected chi connectivity index (χ3v) is 4.60. The van der Waals surface area contributed by atoms with Gasteiger partial charge in [-0.05, 0) is 37.5 Å². The molecule has 110 valence electrons. The van der Waals surface area contributed by atoms with E-state index in [9.17, 15) is 4.79 Å². The lowest BCUT2D eigenvalue weighted by Gasteiger charge is -2.29. The van der Waals surface area contributed by atoms with Gasteiger partial charge in [-0.3, -0.25) is 4.79 Å². The Morgan fingerprint density at radius 2 is 1.95 bits per heavy atom. The minimum absolute atomic E-state index is 0.00957. The molecule has 0 atom stereocenters. The van der Waals surface area contributed by atoms with Crippen LogP contribution in [0.2, 0.25) is 0 Å². The molecule has 0 unspecified atom stereocenters. The fourth-order valence-corrected chi connectivity index (χ4v) is 2.80. The lowest BCUT2D eigenvalue weighted by atomic mass is 9.80. The van der Waals surface area contributed by atoms with Crippen LogP contribution >= 0.6 is 0 Å². The van der Waals surface area contributed by atoms with Crippen molar-refractivity contribution in [3.63, 3.8) is 0 Å². The fraction of sp³-hybridized carbons (Fsp3) is 0.857. The van der Waals surface area contributed by atoms with Gasteiger partial charge in [0.2, 0.25) is 5.91 Å². The van der Waals surface area contributed by atoms with Gasteiger partial charge in [0.1, 0.15) is 5.41 Å². The molecule has 4 N–H and O–H groups in total. The summed E-state index contributed by atoms with van der Waals surface area (Å²) >= 11 is 0. The van der Waals surface area contributed by atoms with E-state index in [2.05, 4.69) is 17.4 Å². The first kappa shape index (κ1) is 15.8. The molecule has 0 aromatic rings. The van der Waals surface area contributed by atoms with Gasteiger partial charge in [-0.15, -0.1) is 0 Å². The lowest BCUT2D eigenvalue weighted by Crippen LogP contribution is -2.50. The topological polar surface area (TPSA) is 87.7 Å². The van der Waals surface area contributed by atoms with Crippen molar-refractivity contribution in [3.05, 3.63) is 0 Å². The van der Waals surface area contributed by atoms with E-state index < -0.39 is 5.41 Å². The maximum Gasteiger partial charge on any atom is 0.233 e. The summed E-state index contributed by atoms with van der Waals surface area (Å²) in [6.07, 6.45) is 5.74. The monoisotopic (exact) mass is 269 g/mol. The molecule has 0 aromatic heterocycles. The first-order chi connectivity index (χ1) is 9.00. The first-order valence-electron chi connectivity index (χ1n) is 7.26. The van der Waals surface area contributed by atoms with Crippen LogP contribution in [-0.2, 0) is 4.79 Å². The van der Waals surface area contributed by atoms with E-state index in [-0.39, 0.29) is 11.7 Å². The Bertz CT molecular complexity index is 345. The molecule has 0 aromatic carbocycles. The zero-order chi connectivity index (χ0) is 14.5. The number of nitrogens with one attached hydrogen (secondary N) is 1. The number of amidine groups is 1. The predicted molar refractivity (Wildman–Crippen MR) is 76.0 cm³/mol. The predicted octanol–water partition coefficient (Wildman–Crippen LogP) is 2.24. The number of hydrogen-bond donors (Lipinski definition) is 3. The van der Waals surface area contributed by atoms with E-state index in [1.165, 1.54) is 12.8 Å². The third kappa shape index (κ3) is 3.19. The van der Waals surface area contributed by atoms with Crippen LogP contribution in [0, 0.1) is 10.8 Å². The second kappa shape index (κ2) is 6.26. The van der Waals surface area contributed by atoms with Crippen molar-refractivity contribution < 1.29 is 10.0 Å². The van der Waals surface area contributed by atoms with E-state index in [1.54, 1.807) is 0 Å². The molecular formula is C14H27N3O2. The van der Waals surface area contributed by atoms with Crippen LogP contribution in [0.25, 0.3) is 0 Å². The Balaban J connectivity index is 2.69. The maximum absolute atomic E-state index is 12.4. The number of hydrogen-bond acceptors (Lipinski definition) is 3. The molecule has 0 spiro atoms. The molecule has 1 fully saturated rings. The molecule has 1 aliphatic rings.